The third kappa shape index (κ3) is 4.64. The van der Waals surface area contributed by atoms with Gasteiger partial charge in [-0.25, -0.2) is 4.79 Å². The van der Waals surface area contributed by atoms with Crippen LogP contribution in [0.15, 0.2) is 42.5 Å². The van der Waals surface area contributed by atoms with E-state index in [0.29, 0.717) is 10.6 Å². The molecule has 0 unspecified atom stereocenters. The van der Waals surface area contributed by atoms with Gasteiger partial charge in [0.1, 0.15) is 10.6 Å². The highest BCUT2D eigenvalue weighted by Gasteiger charge is 2.25. The van der Waals surface area contributed by atoms with Crippen LogP contribution in [0.4, 0.5) is 5.00 Å². The van der Waals surface area contributed by atoms with Crippen LogP contribution in [-0.4, -0.2) is 24.3 Å². The Balaban J connectivity index is 2.48. The van der Waals surface area contributed by atoms with Crippen molar-refractivity contribution in [2.75, 3.05) is 11.9 Å². The van der Waals surface area contributed by atoms with E-state index in [1.165, 1.54) is 24.3 Å². The van der Waals surface area contributed by atoms with Gasteiger partial charge in [-0.05, 0) is 32.4 Å². The molecule has 0 aliphatic heterocycles. The van der Waals surface area contributed by atoms with Gasteiger partial charge in [0.05, 0.1) is 6.61 Å². The third-order valence-corrected chi connectivity index (χ3v) is 4.35. The molecule has 0 atom stereocenters. The lowest BCUT2D eigenvalue weighted by atomic mass is 10.0. The molecule has 0 aliphatic rings. The van der Waals surface area contributed by atoms with Crippen LogP contribution in [0, 0.1) is 6.92 Å². The van der Waals surface area contributed by atoms with E-state index in [0.717, 1.165) is 22.1 Å². The molecule has 25 heavy (non-hydrogen) atoms. The van der Waals surface area contributed by atoms with Crippen molar-refractivity contribution in [3.05, 3.63) is 52.9 Å². The molecule has 5 nitrogen and oxygen atoms in total. The van der Waals surface area contributed by atoms with Gasteiger partial charge in [0.2, 0.25) is 5.91 Å². The number of esters is 1. The summed E-state index contributed by atoms with van der Waals surface area (Å²) >= 11 is 1.30. The van der Waals surface area contributed by atoms with Crippen molar-refractivity contribution < 1.29 is 19.1 Å². The Kier molecular flexibility index (Phi) is 6.25. The van der Waals surface area contributed by atoms with Crippen LogP contribution in [0.5, 0.6) is 0 Å². The van der Waals surface area contributed by atoms with Crippen molar-refractivity contribution in [3.8, 4) is 11.1 Å². The summed E-state index contributed by atoms with van der Waals surface area (Å²) in [7, 11) is 0. The minimum atomic E-state index is -0.489. The smallest absolute Gasteiger partial charge is 0.341 e. The summed E-state index contributed by atoms with van der Waals surface area (Å²) < 4.78 is 5.17. The van der Waals surface area contributed by atoms with Crippen LogP contribution in [0.25, 0.3) is 11.1 Å². The molecular formula is C19H19NO4S. The van der Waals surface area contributed by atoms with Crippen LogP contribution in [0.2, 0.25) is 0 Å². The molecule has 1 heterocycles. The average Bonchev–Trinajstić information content (AvgIpc) is 2.90. The molecule has 1 aromatic carbocycles. The first-order valence-corrected chi connectivity index (χ1v) is 8.61. The van der Waals surface area contributed by atoms with E-state index >= 15 is 0 Å². The number of carbonyl (C=O) groups excluding carboxylic acids is 3. The van der Waals surface area contributed by atoms with E-state index in [4.69, 9.17) is 4.74 Å². The fourth-order valence-electron chi connectivity index (χ4n) is 2.33. The lowest BCUT2D eigenvalue weighted by molar-refractivity contribution is -0.114. The fraction of sp³-hybridized carbons (Fsp3) is 0.211. The Hall–Kier alpha value is -2.73. The maximum Gasteiger partial charge on any atom is 0.341 e. The van der Waals surface area contributed by atoms with E-state index in [-0.39, 0.29) is 12.4 Å². The zero-order valence-electron chi connectivity index (χ0n) is 14.3. The molecule has 1 amide bonds. The number of ketones is 1. The van der Waals surface area contributed by atoms with Gasteiger partial charge in [-0.1, -0.05) is 30.3 Å². The number of hydrogen-bond acceptors (Lipinski definition) is 5. The quantitative estimate of drug-likeness (QED) is 0.627. The molecule has 0 bridgehead atoms. The Morgan fingerprint density at radius 3 is 2.44 bits per heavy atom. The van der Waals surface area contributed by atoms with Crippen molar-refractivity contribution in [1.82, 2.24) is 0 Å². The highest BCUT2D eigenvalue weighted by molar-refractivity contribution is 7.17. The normalized spacial score (nSPS) is 10.7. The van der Waals surface area contributed by atoms with E-state index in [1.54, 1.807) is 6.92 Å². The predicted molar refractivity (Wildman–Crippen MR) is 98.9 cm³/mol. The van der Waals surface area contributed by atoms with Crippen LogP contribution < -0.4 is 5.32 Å². The van der Waals surface area contributed by atoms with Gasteiger partial charge >= 0.3 is 5.97 Å². The van der Waals surface area contributed by atoms with Gasteiger partial charge in [0.25, 0.3) is 0 Å². The molecular weight excluding hydrogens is 338 g/mol. The van der Waals surface area contributed by atoms with Crippen molar-refractivity contribution in [2.45, 2.75) is 20.8 Å². The highest BCUT2D eigenvalue weighted by atomic mass is 32.1. The molecule has 0 saturated carbocycles. The van der Waals surface area contributed by atoms with Gasteiger partial charge in [-0.2, -0.15) is 0 Å². The molecule has 2 rings (SSSR count). The lowest BCUT2D eigenvalue weighted by Gasteiger charge is -2.08. The summed E-state index contributed by atoms with van der Waals surface area (Å²) in [5.74, 6) is -1.19. The maximum absolute atomic E-state index is 12.5. The lowest BCUT2D eigenvalue weighted by Crippen LogP contribution is -2.12. The summed E-state index contributed by atoms with van der Waals surface area (Å²) in [4.78, 5) is 36.3. The molecule has 0 spiro atoms. The van der Waals surface area contributed by atoms with Gasteiger partial charge in [0, 0.05) is 16.5 Å². The summed E-state index contributed by atoms with van der Waals surface area (Å²) in [6.45, 7) is 5.21. The van der Waals surface area contributed by atoms with Crippen LogP contribution in [0.3, 0.4) is 0 Å². The predicted octanol–water partition coefficient (Wildman–Crippen LogP) is 3.98. The third-order valence-electron chi connectivity index (χ3n) is 3.33. The van der Waals surface area contributed by atoms with Crippen LogP contribution in [-0.2, 0) is 14.3 Å². The van der Waals surface area contributed by atoms with Crippen molar-refractivity contribution >= 4 is 34.0 Å². The number of carbonyl (C=O) groups is 3. The van der Waals surface area contributed by atoms with E-state index in [1.807, 2.05) is 37.3 Å². The maximum atomic E-state index is 12.5. The highest BCUT2D eigenvalue weighted by Crippen LogP contribution is 2.40. The minimum Gasteiger partial charge on any atom is -0.462 e. The molecule has 6 heteroatoms. The first kappa shape index (κ1) is 18.6. The number of anilines is 1. The Bertz CT molecular complexity index is 821. The monoisotopic (exact) mass is 357 g/mol. The van der Waals surface area contributed by atoms with Gasteiger partial charge in [-0.15, -0.1) is 11.3 Å². The number of allylic oxidation sites excluding steroid dienone is 1. The topological polar surface area (TPSA) is 72.5 Å². The number of benzene rings is 1. The summed E-state index contributed by atoms with van der Waals surface area (Å²) in [5.41, 5.74) is 1.95. The van der Waals surface area contributed by atoms with E-state index < -0.39 is 11.9 Å². The number of aryl methyl sites for hydroxylation is 1. The number of thiophene rings is 1. The van der Waals surface area contributed by atoms with E-state index in [2.05, 4.69) is 5.32 Å². The van der Waals surface area contributed by atoms with Crippen LogP contribution >= 0.6 is 11.3 Å². The number of amides is 1. The van der Waals surface area contributed by atoms with Gasteiger partial charge < -0.3 is 10.1 Å². The molecule has 1 aromatic heterocycles. The molecule has 130 valence electrons. The van der Waals surface area contributed by atoms with E-state index in [9.17, 15) is 14.4 Å². The zero-order valence-corrected chi connectivity index (χ0v) is 15.1. The molecule has 0 saturated heterocycles. The second-order valence-electron chi connectivity index (χ2n) is 5.26. The number of nitrogens with one attached hydrogen (secondary N) is 1. The van der Waals surface area contributed by atoms with Crippen molar-refractivity contribution in [3.63, 3.8) is 0 Å². The number of ether oxygens (including phenoxy) is 1. The molecule has 1 N–H and O–H groups in total. The standard InChI is InChI=1S/C19H19NO4S/c1-4-24-19(23)17-16(14-8-6-5-7-9-14)13(3)25-18(17)20-15(22)11-10-12(2)21/h5-11H,4H2,1-3H3,(H,20,22)/b11-10+. The Morgan fingerprint density at radius 2 is 1.84 bits per heavy atom. The second kappa shape index (κ2) is 8.39. The SMILES string of the molecule is CCOC(=O)c1c(NC(=O)/C=C/C(C)=O)sc(C)c1-c1ccccc1. The van der Waals surface area contributed by atoms with Crippen molar-refractivity contribution in [1.29, 1.82) is 0 Å². The molecule has 0 aliphatic carbocycles. The Morgan fingerprint density at radius 1 is 1.16 bits per heavy atom. The number of rotatable bonds is 6. The molecule has 0 radical (unpaired) electrons. The van der Waals surface area contributed by atoms with Gasteiger partial charge in [-0.3, -0.25) is 9.59 Å². The zero-order chi connectivity index (χ0) is 18.4. The summed E-state index contributed by atoms with van der Waals surface area (Å²) in [6, 6.07) is 9.47. The Labute approximate surface area is 150 Å². The summed E-state index contributed by atoms with van der Waals surface area (Å²) in [5, 5.41) is 3.09. The van der Waals surface area contributed by atoms with Gasteiger partial charge in [0.15, 0.2) is 5.78 Å². The summed E-state index contributed by atoms with van der Waals surface area (Å²) in [6.07, 6.45) is 2.33. The average molecular weight is 357 g/mol. The first-order chi connectivity index (χ1) is 11.9. The molecule has 2 aromatic rings. The first-order valence-electron chi connectivity index (χ1n) is 7.79. The van der Waals surface area contributed by atoms with Crippen molar-refractivity contribution in [2.24, 2.45) is 0 Å². The minimum absolute atomic E-state index is 0.229. The largest absolute Gasteiger partial charge is 0.462 e. The number of hydrogen-bond donors (Lipinski definition) is 1. The fourth-order valence-corrected chi connectivity index (χ4v) is 3.40. The molecule has 0 fully saturated rings. The second-order valence-corrected chi connectivity index (χ2v) is 6.48. The van der Waals surface area contributed by atoms with Crippen LogP contribution in [0.1, 0.15) is 29.1 Å².